The minimum absolute atomic E-state index is 0.250. The van der Waals surface area contributed by atoms with Gasteiger partial charge >= 0.3 is 0 Å². The predicted octanol–water partition coefficient (Wildman–Crippen LogP) is 4.65. The molecule has 0 spiro atoms. The summed E-state index contributed by atoms with van der Waals surface area (Å²) < 4.78 is 0. The summed E-state index contributed by atoms with van der Waals surface area (Å²) in [5.74, 6) is 0. The highest BCUT2D eigenvalue weighted by atomic mass is 14.9. The van der Waals surface area contributed by atoms with Gasteiger partial charge in [-0.3, -0.25) is 0 Å². The van der Waals surface area contributed by atoms with E-state index in [4.69, 9.17) is 0 Å². The highest BCUT2D eigenvalue weighted by Gasteiger charge is 2.12. The van der Waals surface area contributed by atoms with Crippen molar-refractivity contribution < 1.29 is 0 Å². The van der Waals surface area contributed by atoms with Crippen LogP contribution in [0.25, 0.3) is 0 Å². The fraction of sp³-hybridized carbons (Fsp3) is 0.647. The van der Waals surface area contributed by atoms with Crippen molar-refractivity contribution in [2.75, 3.05) is 0 Å². The summed E-state index contributed by atoms with van der Waals surface area (Å²) in [6.45, 7) is 12.3. The van der Waals surface area contributed by atoms with Crippen molar-refractivity contribution >= 4 is 0 Å². The zero-order valence-electron chi connectivity index (χ0n) is 12.7. The van der Waals surface area contributed by atoms with Gasteiger partial charge in [0.15, 0.2) is 0 Å². The molecule has 102 valence electrons. The fourth-order valence-electron chi connectivity index (χ4n) is 2.18. The molecule has 0 aliphatic heterocycles. The molecule has 18 heavy (non-hydrogen) atoms. The molecule has 1 N–H and O–H groups in total. The van der Waals surface area contributed by atoms with Crippen LogP contribution >= 0.6 is 0 Å². The number of hydrogen-bond donors (Lipinski definition) is 1. The molecule has 1 aromatic carbocycles. The van der Waals surface area contributed by atoms with Crippen LogP contribution in [0, 0.1) is 0 Å². The second-order valence-corrected chi connectivity index (χ2v) is 6.22. The zero-order chi connectivity index (χ0) is 13.6. The van der Waals surface area contributed by atoms with Gasteiger partial charge in [0, 0.05) is 12.6 Å². The highest BCUT2D eigenvalue weighted by Crippen LogP contribution is 2.22. The van der Waals surface area contributed by atoms with Crippen molar-refractivity contribution in [3.8, 4) is 0 Å². The summed E-state index contributed by atoms with van der Waals surface area (Å²) >= 11 is 0. The van der Waals surface area contributed by atoms with E-state index < -0.39 is 0 Å². The summed E-state index contributed by atoms with van der Waals surface area (Å²) in [6, 6.07) is 9.70. The lowest BCUT2D eigenvalue weighted by Gasteiger charge is -2.20. The van der Waals surface area contributed by atoms with Crippen LogP contribution in [0.1, 0.15) is 65.0 Å². The van der Waals surface area contributed by atoms with E-state index in [1.165, 1.54) is 30.4 Å². The summed E-state index contributed by atoms with van der Waals surface area (Å²) in [7, 11) is 0. The average molecular weight is 247 g/mol. The van der Waals surface area contributed by atoms with Gasteiger partial charge in [0.05, 0.1) is 0 Å². The molecule has 0 fully saturated rings. The molecule has 0 heterocycles. The minimum Gasteiger partial charge on any atom is -0.310 e. The van der Waals surface area contributed by atoms with Gasteiger partial charge in [0.25, 0.3) is 0 Å². The molecule has 1 rings (SSSR count). The first-order valence-electron chi connectivity index (χ1n) is 7.30. The quantitative estimate of drug-likeness (QED) is 0.771. The second-order valence-electron chi connectivity index (χ2n) is 6.22. The van der Waals surface area contributed by atoms with E-state index in [9.17, 15) is 0 Å². The van der Waals surface area contributed by atoms with Crippen molar-refractivity contribution in [2.45, 2.75) is 71.9 Å². The lowest BCUT2D eigenvalue weighted by Crippen LogP contribution is -2.27. The lowest BCUT2D eigenvalue weighted by molar-refractivity contribution is 0.462. The molecule has 0 saturated carbocycles. The van der Waals surface area contributed by atoms with Gasteiger partial charge in [-0.15, -0.1) is 0 Å². The van der Waals surface area contributed by atoms with Crippen molar-refractivity contribution in [1.29, 1.82) is 0 Å². The molecule has 0 bridgehead atoms. The molecular formula is C17H29N. The maximum Gasteiger partial charge on any atom is 0.0208 e. The number of hydrogen-bond acceptors (Lipinski definition) is 1. The molecule has 0 amide bonds. The van der Waals surface area contributed by atoms with Gasteiger partial charge in [-0.2, -0.15) is 0 Å². The smallest absolute Gasteiger partial charge is 0.0208 e. The molecule has 0 radical (unpaired) electrons. The van der Waals surface area contributed by atoms with Gasteiger partial charge in [0.2, 0.25) is 0 Å². The Labute approximate surface area is 113 Å². The molecule has 1 aromatic rings. The Kier molecular flexibility index (Phi) is 5.87. The van der Waals surface area contributed by atoms with Crippen LogP contribution in [0.5, 0.6) is 0 Å². The van der Waals surface area contributed by atoms with E-state index in [0.29, 0.717) is 6.04 Å². The summed E-state index contributed by atoms with van der Waals surface area (Å²) in [6.07, 6.45) is 3.75. The summed E-state index contributed by atoms with van der Waals surface area (Å²) in [5.41, 5.74) is 3.05. The van der Waals surface area contributed by atoms with Gasteiger partial charge < -0.3 is 5.32 Å². The van der Waals surface area contributed by atoms with Gasteiger partial charge in [-0.25, -0.2) is 0 Å². The number of rotatable bonds is 6. The predicted molar refractivity (Wildman–Crippen MR) is 81.0 cm³/mol. The Morgan fingerprint density at radius 2 is 1.67 bits per heavy atom. The molecule has 1 nitrogen and oxygen atoms in total. The molecular weight excluding hydrogens is 218 g/mol. The first kappa shape index (κ1) is 15.2. The van der Waals surface area contributed by atoms with Crippen molar-refractivity contribution in [1.82, 2.24) is 5.32 Å². The maximum absolute atomic E-state index is 3.64. The van der Waals surface area contributed by atoms with Crippen molar-refractivity contribution in [3.63, 3.8) is 0 Å². The van der Waals surface area contributed by atoms with Crippen LogP contribution in [0.15, 0.2) is 24.3 Å². The summed E-state index contributed by atoms with van der Waals surface area (Å²) in [5, 5.41) is 3.64. The Morgan fingerprint density at radius 3 is 2.11 bits per heavy atom. The third-order valence-electron chi connectivity index (χ3n) is 3.54. The number of benzene rings is 1. The van der Waals surface area contributed by atoms with Crippen LogP contribution in [0.3, 0.4) is 0 Å². The van der Waals surface area contributed by atoms with Gasteiger partial charge in [-0.05, 0) is 29.4 Å². The van der Waals surface area contributed by atoms with Crippen molar-refractivity contribution in [2.24, 2.45) is 0 Å². The zero-order valence-corrected chi connectivity index (χ0v) is 12.7. The van der Waals surface area contributed by atoms with E-state index in [1.54, 1.807) is 0 Å². The SMILES string of the molecule is CCCC(CC)NCc1ccc(C(C)(C)C)cc1. The van der Waals surface area contributed by atoms with Crippen LogP contribution in [0.4, 0.5) is 0 Å². The molecule has 0 aromatic heterocycles. The average Bonchev–Trinajstić information content (AvgIpc) is 2.34. The van der Waals surface area contributed by atoms with E-state index in [0.717, 1.165) is 6.54 Å². The monoisotopic (exact) mass is 247 g/mol. The molecule has 1 unspecified atom stereocenters. The van der Waals surface area contributed by atoms with Crippen LogP contribution in [-0.2, 0) is 12.0 Å². The Hall–Kier alpha value is -0.820. The molecule has 0 aliphatic carbocycles. The first-order valence-corrected chi connectivity index (χ1v) is 7.30. The highest BCUT2D eigenvalue weighted by molar-refractivity contribution is 5.27. The third kappa shape index (κ3) is 4.81. The minimum atomic E-state index is 0.250. The Bertz CT molecular complexity index is 332. The first-order chi connectivity index (χ1) is 8.47. The van der Waals surface area contributed by atoms with E-state index >= 15 is 0 Å². The fourth-order valence-corrected chi connectivity index (χ4v) is 2.18. The Morgan fingerprint density at radius 1 is 1.06 bits per heavy atom. The van der Waals surface area contributed by atoms with E-state index in [-0.39, 0.29) is 5.41 Å². The van der Waals surface area contributed by atoms with Gasteiger partial charge in [0.1, 0.15) is 0 Å². The molecule has 0 saturated heterocycles. The maximum atomic E-state index is 3.64. The van der Waals surface area contributed by atoms with Crippen LogP contribution < -0.4 is 5.32 Å². The van der Waals surface area contributed by atoms with Crippen LogP contribution in [-0.4, -0.2) is 6.04 Å². The topological polar surface area (TPSA) is 12.0 Å². The Balaban J connectivity index is 2.53. The van der Waals surface area contributed by atoms with Gasteiger partial charge in [-0.1, -0.05) is 65.3 Å². The number of nitrogens with one attached hydrogen (secondary N) is 1. The largest absolute Gasteiger partial charge is 0.310 e. The second kappa shape index (κ2) is 6.94. The van der Waals surface area contributed by atoms with E-state index in [2.05, 4.69) is 64.2 Å². The van der Waals surface area contributed by atoms with Crippen molar-refractivity contribution in [3.05, 3.63) is 35.4 Å². The third-order valence-corrected chi connectivity index (χ3v) is 3.54. The van der Waals surface area contributed by atoms with Crippen LogP contribution in [0.2, 0.25) is 0 Å². The van der Waals surface area contributed by atoms with E-state index in [1.807, 2.05) is 0 Å². The normalized spacial score (nSPS) is 13.6. The standard InChI is InChI=1S/C17H29N/c1-6-8-16(7-2)18-13-14-9-11-15(12-10-14)17(3,4)5/h9-12,16,18H,6-8,13H2,1-5H3. The lowest BCUT2D eigenvalue weighted by atomic mass is 9.87. The molecule has 1 atom stereocenters. The summed E-state index contributed by atoms with van der Waals surface area (Å²) in [4.78, 5) is 0. The molecule has 0 aliphatic rings. The molecule has 1 heteroatoms.